The van der Waals surface area contributed by atoms with Gasteiger partial charge in [0.1, 0.15) is 5.52 Å². The number of aromatic nitrogens is 2. The summed E-state index contributed by atoms with van der Waals surface area (Å²) >= 11 is 1.34. The molecule has 2 aromatic carbocycles. The van der Waals surface area contributed by atoms with Gasteiger partial charge in [-0.25, -0.2) is 4.98 Å². The fourth-order valence-corrected chi connectivity index (χ4v) is 4.21. The maximum absolute atomic E-state index is 12.8. The molecule has 1 aliphatic rings. The molecule has 6 heteroatoms. The van der Waals surface area contributed by atoms with E-state index in [9.17, 15) is 4.79 Å². The number of amides is 1. The Labute approximate surface area is 166 Å². The topological polar surface area (TPSA) is 59.2 Å². The molecule has 1 amide bonds. The minimum Gasteiger partial charge on any atom is -0.431 e. The molecular weight excluding hydrogens is 370 g/mol. The van der Waals surface area contributed by atoms with Gasteiger partial charge in [-0.2, -0.15) is 0 Å². The number of benzene rings is 2. The highest BCUT2D eigenvalue weighted by Gasteiger charge is 2.25. The second kappa shape index (κ2) is 7.13. The van der Waals surface area contributed by atoms with E-state index in [2.05, 4.69) is 22.1 Å². The summed E-state index contributed by atoms with van der Waals surface area (Å²) in [5.41, 5.74) is 6.04. The number of oxazole rings is 1. The van der Waals surface area contributed by atoms with Gasteiger partial charge in [0.15, 0.2) is 5.58 Å². The molecule has 0 radical (unpaired) electrons. The lowest BCUT2D eigenvalue weighted by Crippen LogP contribution is -2.30. The zero-order chi connectivity index (χ0) is 18.9. The standard InChI is InChI=1S/C22H17N3O2S/c26-21(14-28-22-24-18-3-1-2-4-20(18)27-22)25-12-9-17-13-16(5-6-19(17)25)15-7-10-23-11-8-15/h1-8,10-11,13H,9,12,14H2. The van der Waals surface area contributed by atoms with E-state index in [0.29, 0.717) is 17.5 Å². The zero-order valence-electron chi connectivity index (χ0n) is 15.0. The van der Waals surface area contributed by atoms with Crippen LogP contribution in [-0.4, -0.2) is 28.2 Å². The van der Waals surface area contributed by atoms with Crippen LogP contribution in [0.1, 0.15) is 5.56 Å². The predicted octanol–water partition coefficient (Wildman–Crippen LogP) is 4.57. The largest absolute Gasteiger partial charge is 0.431 e. The Morgan fingerprint density at radius 1 is 1.07 bits per heavy atom. The van der Waals surface area contributed by atoms with E-state index >= 15 is 0 Å². The first-order valence-electron chi connectivity index (χ1n) is 9.10. The monoisotopic (exact) mass is 387 g/mol. The Kier molecular flexibility index (Phi) is 4.33. The van der Waals surface area contributed by atoms with Crippen molar-refractivity contribution in [3.05, 3.63) is 72.6 Å². The van der Waals surface area contributed by atoms with E-state index < -0.39 is 0 Å². The molecule has 5 rings (SSSR count). The molecule has 1 aliphatic heterocycles. The maximum Gasteiger partial charge on any atom is 0.257 e. The minimum absolute atomic E-state index is 0.0719. The van der Waals surface area contributed by atoms with Gasteiger partial charge >= 0.3 is 0 Å². The van der Waals surface area contributed by atoms with Gasteiger partial charge in [0, 0.05) is 24.6 Å². The molecule has 0 saturated carbocycles. The highest BCUT2D eigenvalue weighted by Crippen LogP contribution is 2.33. The van der Waals surface area contributed by atoms with Gasteiger partial charge < -0.3 is 9.32 Å². The van der Waals surface area contributed by atoms with Crippen LogP contribution in [-0.2, 0) is 11.2 Å². The van der Waals surface area contributed by atoms with Gasteiger partial charge in [-0.1, -0.05) is 30.0 Å². The molecule has 2 aromatic heterocycles. The van der Waals surface area contributed by atoms with Crippen LogP contribution in [0.4, 0.5) is 5.69 Å². The smallest absolute Gasteiger partial charge is 0.257 e. The van der Waals surface area contributed by atoms with Crippen molar-refractivity contribution in [3.63, 3.8) is 0 Å². The first kappa shape index (κ1) is 17.0. The molecule has 0 bridgehead atoms. The van der Waals surface area contributed by atoms with Crippen LogP contribution in [0.25, 0.3) is 22.2 Å². The summed E-state index contributed by atoms with van der Waals surface area (Å²) in [5, 5.41) is 0.530. The van der Waals surface area contributed by atoms with Gasteiger partial charge in [-0.15, -0.1) is 0 Å². The minimum atomic E-state index is 0.0719. The number of nitrogens with zero attached hydrogens (tertiary/aromatic N) is 3. The van der Waals surface area contributed by atoms with Crippen LogP contribution in [0.5, 0.6) is 0 Å². The highest BCUT2D eigenvalue weighted by atomic mass is 32.2. The average molecular weight is 387 g/mol. The van der Waals surface area contributed by atoms with Gasteiger partial charge in [0.2, 0.25) is 5.91 Å². The van der Waals surface area contributed by atoms with E-state index in [0.717, 1.165) is 34.3 Å². The normalized spacial score (nSPS) is 13.1. The zero-order valence-corrected chi connectivity index (χ0v) is 15.9. The van der Waals surface area contributed by atoms with Crippen LogP contribution < -0.4 is 4.90 Å². The number of fused-ring (bicyclic) bond motifs is 2. The summed E-state index contributed by atoms with van der Waals surface area (Å²) in [7, 11) is 0. The molecule has 5 nitrogen and oxygen atoms in total. The molecule has 0 N–H and O–H groups in total. The molecule has 138 valence electrons. The van der Waals surface area contributed by atoms with E-state index in [1.165, 1.54) is 17.3 Å². The number of anilines is 1. The van der Waals surface area contributed by atoms with Crippen LogP contribution in [0.3, 0.4) is 0 Å². The summed E-state index contributed by atoms with van der Waals surface area (Å²) < 4.78 is 5.69. The Morgan fingerprint density at radius 2 is 1.93 bits per heavy atom. The number of rotatable bonds is 4. The lowest BCUT2D eigenvalue weighted by atomic mass is 10.0. The fraction of sp³-hybridized carbons (Fsp3) is 0.136. The lowest BCUT2D eigenvalue weighted by Gasteiger charge is -2.17. The van der Waals surface area contributed by atoms with E-state index in [1.807, 2.05) is 47.4 Å². The number of carbonyl (C=O) groups excluding carboxylic acids is 1. The molecular formula is C22H17N3O2S. The van der Waals surface area contributed by atoms with Gasteiger partial charge in [0.05, 0.1) is 5.75 Å². The summed E-state index contributed by atoms with van der Waals surface area (Å²) in [6, 6.07) is 17.9. The maximum atomic E-state index is 12.8. The van der Waals surface area contributed by atoms with Crippen LogP contribution in [0.15, 0.2) is 76.6 Å². The predicted molar refractivity (Wildman–Crippen MR) is 110 cm³/mol. The number of thioether (sulfide) groups is 1. The van der Waals surface area contributed by atoms with Crippen molar-refractivity contribution >= 4 is 34.5 Å². The first-order chi connectivity index (χ1) is 13.8. The van der Waals surface area contributed by atoms with Gasteiger partial charge in [-0.3, -0.25) is 9.78 Å². The quantitative estimate of drug-likeness (QED) is 0.480. The molecule has 0 saturated heterocycles. The highest BCUT2D eigenvalue weighted by molar-refractivity contribution is 7.99. The number of para-hydroxylation sites is 2. The SMILES string of the molecule is O=C(CSc1nc2ccccc2o1)N1CCc2cc(-c3ccncc3)ccc21. The Morgan fingerprint density at radius 3 is 2.79 bits per heavy atom. The van der Waals surface area contributed by atoms with Crippen molar-refractivity contribution in [1.29, 1.82) is 0 Å². The molecule has 0 aliphatic carbocycles. The van der Waals surface area contributed by atoms with Crippen LogP contribution in [0.2, 0.25) is 0 Å². The van der Waals surface area contributed by atoms with Crippen molar-refractivity contribution in [1.82, 2.24) is 9.97 Å². The van der Waals surface area contributed by atoms with E-state index in [4.69, 9.17) is 4.42 Å². The van der Waals surface area contributed by atoms with Crippen LogP contribution >= 0.6 is 11.8 Å². The summed E-state index contributed by atoms with van der Waals surface area (Å²) in [6.07, 6.45) is 4.46. The number of hydrogen-bond donors (Lipinski definition) is 0. The third-order valence-corrected chi connectivity index (χ3v) is 5.70. The molecule has 0 atom stereocenters. The van der Waals surface area contributed by atoms with Crippen molar-refractivity contribution in [2.24, 2.45) is 0 Å². The average Bonchev–Trinajstić information content (AvgIpc) is 3.36. The Bertz CT molecular complexity index is 1120. The number of pyridine rings is 1. The molecule has 3 heterocycles. The van der Waals surface area contributed by atoms with Crippen molar-refractivity contribution in [2.45, 2.75) is 11.6 Å². The van der Waals surface area contributed by atoms with Crippen molar-refractivity contribution < 1.29 is 9.21 Å². The molecule has 28 heavy (non-hydrogen) atoms. The fourth-order valence-electron chi connectivity index (χ4n) is 3.50. The van der Waals surface area contributed by atoms with E-state index in [1.54, 1.807) is 12.4 Å². The molecule has 0 spiro atoms. The summed E-state index contributed by atoms with van der Waals surface area (Å²) in [5.74, 6) is 0.376. The second-order valence-electron chi connectivity index (χ2n) is 6.61. The number of hydrogen-bond acceptors (Lipinski definition) is 5. The third-order valence-electron chi connectivity index (χ3n) is 4.88. The van der Waals surface area contributed by atoms with Crippen molar-refractivity contribution in [2.75, 3.05) is 17.2 Å². The second-order valence-corrected chi connectivity index (χ2v) is 7.54. The van der Waals surface area contributed by atoms with Gasteiger partial charge in [0.25, 0.3) is 5.22 Å². The Balaban J connectivity index is 1.30. The van der Waals surface area contributed by atoms with Crippen molar-refractivity contribution in [3.8, 4) is 11.1 Å². The third kappa shape index (κ3) is 3.16. The lowest BCUT2D eigenvalue weighted by molar-refractivity contribution is -0.116. The first-order valence-corrected chi connectivity index (χ1v) is 10.1. The van der Waals surface area contributed by atoms with E-state index in [-0.39, 0.29) is 5.91 Å². The molecule has 0 fully saturated rings. The van der Waals surface area contributed by atoms with Gasteiger partial charge in [-0.05, 0) is 59.5 Å². The summed E-state index contributed by atoms with van der Waals surface area (Å²) in [6.45, 7) is 0.710. The Hall–Kier alpha value is -3.12. The molecule has 4 aromatic rings. The van der Waals surface area contributed by atoms with Crippen LogP contribution in [0, 0.1) is 0 Å². The molecule has 0 unspecified atom stereocenters. The summed E-state index contributed by atoms with van der Waals surface area (Å²) in [4.78, 5) is 23.1. The number of carbonyl (C=O) groups is 1.